The first-order valence-corrected chi connectivity index (χ1v) is 11.2. The minimum absolute atomic E-state index is 0.0422. The minimum Gasteiger partial charge on any atom is -0.485 e. The molecular formula is C29H27FO3. The van der Waals surface area contributed by atoms with Gasteiger partial charge in [0.25, 0.3) is 0 Å². The second kappa shape index (κ2) is 9.50. The number of aliphatic carboxylic acids is 1. The highest BCUT2D eigenvalue weighted by atomic mass is 19.1. The summed E-state index contributed by atoms with van der Waals surface area (Å²) in [4.78, 5) is 11.2. The highest BCUT2D eigenvalue weighted by molar-refractivity contribution is 5.71. The van der Waals surface area contributed by atoms with Gasteiger partial charge in [0.1, 0.15) is 17.7 Å². The molecule has 0 spiro atoms. The van der Waals surface area contributed by atoms with Crippen LogP contribution in [0.3, 0.4) is 0 Å². The Labute approximate surface area is 194 Å². The molecule has 0 amide bonds. The quantitative estimate of drug-likeness (QED) is 0.444. The van der Waals surface area contributed by atoms with Crippen LogP contribution in [0.4, 0.5) is 4.39 Å². The van der Waals surface area contributed by atoms with Crippen molar-refractivity contribution in [2.75, 3.05) is 0 Å². The normalized spacial score (nSPS) is 15.6. The van der Waals surface area contributed by atoms with E-state index in [4.69, 9.17) is 4.74 Å². The van der Waals surface area contributed by atoms with Gasteiger partial charge in [-0.25, -0.2) is 4.39 Å². The summed E-state index contributed by atoms with van der Waals surface area (Å²) in [5, 5.41) is 9.21. The summed E-state index contributed by atoms with van der Waals surface area (Å²) in [5.41, 5.74) is 6.86. The van der Waals surface area contributed by atoms with Gasteiger partial charge in [0.15, 0.2) is 0 Å². The Balaban J connectivity index is 1.63. The van der Waals surface area contributed by atoms with E-state index in [1.165, 1.54) is 6.07 Å². The molecule has 33 heavy (non-hydrogen) atoms. The maximum Gasteiger partial charge on any atom is 0.304 e. The van der Waals surface area contributed by atoms with Crippen LogP contribution in [0.1, 0.15) is 59.6 Å². The van der Waals surface area contributed by atoms with Gasteiger partial charge in [-0.1, -0.05) is 42.3 Å². The molecule has 3 aromatic carbocycles. The average Bonchev–Trinajstić information content (AvgIpc) is 2.79. The number of hydrogen-bond acceptors (Lipinski definition) is 2. The number of benzene rings is 3. The fourth-order valence-corrected chi connectivity index (χ4v) is 4.66. The molecule has 0 aromatic heterocycles. The summed E-state index contributed by atoms with van der Waals surface area (Å²) >= 11 is 0. The Morgan fingerprint density at radius 3 is 2.61 bits per heavy atom. The lowest BCUT2D eigenvalue weighted by Crippen LogP contribution is -2.17. The van der Waals surface area contributed by atoms with Crippen LogP contribution in [0.5, 0.6) is 5.75 Å². The molecule has 3 aromatic rings. The minimum atomic E-state index is -0.879. The predicted molar refractivity (Wildman–Crippen MR) is 128 cm³/mol. The number of halogens is 1. The molecule has 0 fully saturated rings. The Morgan fingerprint density at radius 2 is 1.91 bits per heavy atom. The molecule has 0 radical (unpaired) electrons. The van der Waals surface area contributed by atoms with Gasteiger partial charge < -0.3 is 9.84 Å². The van der Waals surface area contributed by atoms with Crippen LogP contribution in [0, 0.1) is 31.5 Å². The van der Waals surface area contributed by atoms with Gasteiger partial charge in [0.05, 0.1) is 12.3 Å². The van der Waals surface area contributed by atoms with Crippen molar-refractivity contribution in [3.63, 3.8) is 0 Å². The molecule has 1 aliphatic rings. The van der Waals surface area contributed by atoms with Gasteiger partial charge in [-0.15, -0.1) is 5.92 Å². The summed E-state index contributed by atoms with van der Waals surface area (Å²) in [6.45, 7) is 5.84. The number of aryl methyl sites for hydroxylation is 3. The zero-order valence-electron chi connectivity index (χ0n) is 19.1. The van der Waals surface area contributed by atoms with Crippen LogP contribution in [0.15, 0.2) is 54.6 Å². The standard InChI is InChI=1S/C29H27FO3/c1-4-6-20(17-28(31)32)21-10-13-26-22(15-21)11-14-27(33-26)24-16-23(9-12-25(24)30)29-18(2)7-5-8-19(29)3/h5,7-10,12-13,15-16,20,27H,11,14,17H2,1-3H3,(H,31,32). The summed E-state index contributed by atoms with van der Waals surface area (Å²) in [7, 11) is 0. The Morgan fingerprint density at radius 1 is 1.15 bits per heavy atom. The fourth-order valence-electron chi connectivity index (χ4n) is 4.66. The van der Waals surface area contributed by atoms with E-state index in [1.54, 1.807) is 6.92 Å². The lowest BCUT2D eigenvalue weighted by atomic mass is 9.89. The van der Waals surface area contributed by atoms with Crippen LogP contribution in [0.2, 0.25) is 0 Å². The maximum absolute atomic E-state index is 14.9. The second-order valence-corrected chi connectivity index (χ2v) is 8.56. The number of carboxylic acids is 1. The van der Waals surface area contributed by atoms with E-state index in [0.29, 0.717) is 17.7 Å². The number of fused-ring (bicyclic) bond motifs is 1. The predicted octanol–water partition coefficient (Wildman–Crippen LogP) is 6.76. The first-order chi connectivity index (χ1) is 15.9. The van der Waals surface area contributed by atoms with Crippen LogP contribution >= 0.6 is 0 Å². The molecule has 2 atom stereocenters. The Bertz CT molecular complexity index is 1250. The van der Waals surface area contributed by atoms with Crippen LogP contribution in [0.25, 0.3) is 11.1 Å². The first kappa shape index (κ1) is 22.6. The topological polar surface area (TPSA) is 46.5 Å². The SMILES string of the molecule is CC#CC(CC(=O)O)c1ccc2c(c1)CCC(c1cc(-c3c(C)cccc3C)ccc1F)O2. The zero-order valence-corrected chi connectivity index (χ0v) is 19.1. The molecule has 1 N–H and O–H groups in total. The van der Waals surface area contributed by atoms with E-state index in [0.717, 1.165) is 39.8 Å². The van der Waals surface area contributed by atoms with E-state index in [-0.39, 0.29) is 24.3 Å². The molecule has 1 heterocycles. The molecule has 0 aliphatic carbocycles. The van der Waals surface area contributed by atoms with Crippen molar-refractivity contribution < 1.29 is 19.0 Å². The zero-order chi connectivity index (χ0) is 23.5. The summed E-state index contributed by atoms with van der Waals surface area (Å²) in [6.07, 6.45) is 0.949. The number of hydrogen-bond donors (Lipinski definition) is 1. The average molecular weight is 443 g/mol. The van der Waals surface area contributed by atoms with Crippen molar-refractivity contribution >= 4 is 5.97 Å². The summed E-state index contributed by atoms with van der Waals surface area (Å²) in [5.74, 6) is 5.02. The summed E-state index contributed by atoms with van der Waals surface area (Å²) < 4.78 is 21.1. The molecule has 4 rings (SSSR count). The van der Waals surface area contributed by atoms with Crippen molar-refractivity contribution in [1.82, 2.24) is 0 Å². The van der Waals surface area contributed by atoms with E-state index in [2.05, 4.69) is 37.8 Å². The number of carbonyl (C=O) groups is 1. The van der Waals surface area contributed by atoms with Crippen molar-refractivity contribution in [2.24, 2.45) is 0 Å². The molecule has 4 heteroatoms. The van der Waals surface area contributed by atoms with Crippen molar-refractivity contribution in [3.8, 4) is 28.7 Å². The van der Waals surface area contributed by atoms with Gasteiger partial charge in [0.2, 0.25) is 0 Å². The van der Waals surface area contributed by atoms with E-state index >= 15 is 0 Å². The van der Waals surface area contributed by atoms with Crippen molar-refractivity contribution in [2.45, 2.75) is 52.1 Å². The number of rotatable bonds is 5. The van der Waals surface area contributed by atoms with Gasteiger partial charge >= 0.3 is 5.97 Å². The Hall–Kier alpha value is -3.58. The van der Waals surface area contributed by atoms with E-state index in [9.17, 15) is 14.3 Å². The van der Waals surface area contributed by atoms with E-state index in [1.807, 2.05) is 36.4 Å². The summed E-state index contributed by atoms with van der Waals surface area (Å²) in [6, 6.07) is 17.1. The van der Waals surface area contributed by atoms with Gasteiger partial charge in [-0.2, -0.15) is 0 Å². The molecule has 0 saturated heterocycles. The van der Waals surface area contributed by atoms with Gasteiger partial charge in [-0.3, -0.25) is 4.79 Å². The third-order valence-electron chi connectivity index (χ3n) is 6.24. The lowest BCUT2D eigenvalue weighted by Gasteiger charge is -2.28. The van der Waals surface area contributed by atoms with Gasteiger partial charge in [0, 0.05) is 5.56 Å². The number of carboxylic acid groups (broad SMARTS) is 1. The third kappa shape index (κ3) is 4.78. The first-order valence-electron chi connectivity index (χ1n) is 11.2. The highest BCUT2D eigenvalue weighted by Crippen LogP contribution is 2.39. The highest BCUT2D eigenvalue weighted by Gasteiger charge is 2.26. The van der Waals surface area contributed by atoms with Crippen LogP contribution < -0.4 is 4.74 Å². The molecule has 2 unspecified atom stereocenters. The van der Waals surface area contributed by atoms with E-state index < -0.39 is 5.97 Å². The van der Waals surface area contributed by atoms with Crippen molar-refractivity contribution in [1.29, 1.82) is 0 Å². The van der Waals surface area contributed by atoms with Gasteiger partial charge in [-0.05, 0) is 85.2 Å². The fraction of sp³-hybridized carbons (Fsp3) is 0.276. The van der Waals surface area contributed by atoms with Crippen LogP contribution in [-0.2, 0) is 11.2 Å². The molecule has 0 bridgehead atoms. The Kier molecular flexibility index (Phi) is 6.51. The lowest BCUT2D eigenvalue weighted by molar-refractivity contribution is -0.137. The molecule has 168 valence electrons. The largest absolute Gasteiger partial charge is 0.485 e. The molecular weight excluding hydrogens is 415 g/mol. The number of ether oxygens (including phenoxy) is 1. The monoisotopic (exact) mass is 442 g/mol. The molecule has 1 aliphatic heterocycles. The maximum atomic E-state index is 14.9. The second-order valence-electron chi connectivity index (χ2n) is 8.56. The molecule has 3 nitrogen and oxygen atoms in total. The molecule has 0 saturated carbocycles. The smallest absolute Gasteiger partial charge is 0.304 e. The third-order valence-corrected chi connectivity index (χ3v) is 6.24. The van der Waals surface area contributed by atoms with Crippen LogP contribution in [-0.4, -0.2) is 11.1 Å². The van der Waals surface area contributed by atoms with Crippen molar-refractivity contribution in [3.05, 3.63) is 88.2 Å².